The van der Waals surface area contributed by atoms with Gasteiger partial charge in [-0.1, -0.05) is 18.2 Å². The van der Waals surface area contributed by atoms with Crippen molar-refractivity contribution in [3.63, 3.8) is 0 Å². The first-order chi connectivity index (χ1) is 13.0. The van der Waals surface area contributed by atoms with Gasteiger partial charge in [-0.15, -0.1) is 0 Å². The lowest BCUT2D eigenvalue weighted by Gasteiger charge is -2.32. The highest BCUT2D eigenvalue weighted by Crippen LogP contribution is 2.32. The van der Waals surface area contributed by atoms with Crippen molar-refractivity contribution in [3.05, 3.63) is 48.0 Å². The van der Waals surface area contributed by atoms with Crippen LogP contribution < -0.4 is 19.7 Å². The molecule has 3 rings (SSSR count). The average molecular weight is 376 g/mol. The van der Waals surface area contributed by atoms with Crippen LogP contribution in [0, 0.1) is 0 Å². The Kier molecular flexibility index (Phi) is 5.78. The van der Waals surface area contributed by atoms with Gasteiger partial charge in [0.2, 0.25) is 5.91 Å². The van der Waals surface area contributed by atoms with Crippen molar-refractivity contribution in [2.24, 2.45) is 0 Å². The van der Waals surface area contributed by atoms with Crippen LogP contribution in [0.1, 0.15) is 18.9 Å². The number of nitrogens with one attached hydrogen (secondary N) is 1. The van der Waals surface area contributed by atoms with E-state index < -0.39 is 12.7 Å². The van der Waals surface area contributed by atoms with Crippen LogP contribution in [0.15, 0.2) is 42.5 Å². The van der Waals surface area contributed by atoms with E-state index in [4.69, 9.17) is 4.74 Å². The summed E-state index contributed by atoms with van der Waals surface area (Å²) in [6.45, 7) is -0.556. The molecule has 2 aromatic rings. The van der Waals surface area contributed by atoms with Gasteiger partial charge in [-0.05, 0) is 43.5 Å². The van der Waals surface area contributed by atoms with Gasteiger partial charge < -0.3 is 19.7 Å². The number of halogens is 2. The van der Waals surface area contributed by atoms with Crippen LogP contribution in [-0.4, -0.2) is 32.2 Å². The second kappa shape index (κ2) is 8.24. The zero-order chi connectivity index (χ0) is 19.4. The molecule has 0 bridgehead atoms. The monoisotopic (exact) mass is 376 g/mol. The molecule has 7 heteroatoms. The number of carbonyl (C=O) groups is 1. The van der Waals surface area contributed by atoms with E-state index in [2.05, 4.69) is 10.1 Å². The van der Waals surface area contributed by atoms with Crippen LogP contribution in [0.4, 0.5) is 20.2 Å². The first-order valence-corrected chi connectivity index (χ1v) is 8.78. The molecule has 0 unspecified atom stereocenters. The maximum absolute atomic E-state index is 12.9. The van der Waals surface area contributed by atoms with Gasteiger partial charge >= 0.3 is 6.61 Å². The molecule has 1 aliphatic heterocycles. The maximum Gasteiger partial charge on any atom is 0.387 e. The Hall–Kier alpha value is -2.83. The smallest absolute Gasteiger partial charge is 0.387 e. The largest absolute Gasteiger partial charge is 0.493 e. The molecule has 0 spiro atoms. The minimum absolute atomic E-state index is 0.0747. The standard InChI is InChI=1S/C20H22F2N2O3/c1-13(19(25)24-11-5-7-14-6-3-4-8-16(14)24)23-15-9-10-17(26-2)18(12-15)27-20(21)22/h3-4,6,8-10,12-13,20,23H,5,7,11H2,1-2H3/t13-/m1/s1. The van der Waals surface area contributed by atoms with E-state index in [9.17, 15) is 13.6 Å². The minimum Gasteiger partial charge on any atom is -0.493 e. The topological polar surface area (TPSA) is 50.8 Å². The van der Waals surface area contributed by atoms with Crippen molar-refractivity contribution in [2.75, 3.05) is 23.9 Å². The van der Waals surface area contributed by atoms with Gasteiger partial charge in [-0.25, -0.2) is 0 Å². The van der Waals surface area contributed by atoms with Gasteiger partial charge in [0, 0.05) is 24.0 Å². The lowest BCUT2D eigenvalue weighted by atomic mass is 10.0. The molecule has 2 aromatic carbocycles. The molecule has 0 fully saturated rings. The predicted molar refractivity (Wildman–Crippen MR) is 99.8 cm³/mol. The number of anilines is 2. The lowest BCUT2D eigenvalue weighted by Crippen LogP contribution is -2.44. The third-order valence-corrected chi connectivity index (χ3v) is 4.51. The van der Waals surface area contributed by atoms with Crippen LogP contribution in [0.2, 0.25) is 0 Å². The maximum atomic E-state index is 12.9. The Bertz CT molecular complexity index is 814. The Labute approximate surface area is 156 Å². The molecule has 1 amide bonds. The summed E-state index contributed by atoms with van der Waals surface area (Å²) < 4.78 is 34.7. The number of hydrogen-bond donors (Lipinski definition) is 1. The Morgan fingerprint density at radius 1 is 1.19 bits per heavy atom. The highest BCUT2D eigenvalue weighted by molar-refractivity contribution is 5.99. The number of carbonyl (C=O) groups excluding carboxylic acids is 1. The van der Waals surface area contributed by atoms with Gasteiger partial charge in [0.1, 0.15) is 6.04 Å². The summed E-state index contributed by atoms with van der Waals surface area (Å²) in [6.07, 6.45) is 1.86. The fraction of sp³-hybridized carbons (Fsp3) is 0.350. The quantitative estimate of drug-likeness (QED) is 0.826. The summed E-state index contributed by atoms with van der Waals surface area (Å²) in [7, 11) is 1.38. The van der Waals surface area contributed by atoms with E-state index in [1.54, 1.807) is 17.9 Å². The van der Waals surface area contributed by atoms with Crippen LogP contribution in [0.3, 0.4) is 0 Å². The third kappa shape index (κ3) is 4.30. The van der Waals surface area contributed by atoms with E-state index >= 15 is 0 Å². The number of nitrogens with zero attached hydrogens (tertiary/aromatic N) is 1. The number of hydrogen-bond acceptors (Lipinski definition) is 4. The van der Waals surface area contributed by atoms with E-state index in [0.29, 0.717) is 12.2 Å². The molecule has 0 aromatic heterocycles. The van der Waals surface area contributed by atoms with Crippen molar-refractivity contribution in [3.8, 4) is 11.5 Å². The summed E-state index contributed by atoms with van der Waals surface area (Å²) >= 11 is 0. The Morgan fingerprint density at radius 3 is 2.70 bits per heavy atom. The first kappa shape index (κ1) is 18.9. The van der Waals surface area contributed by atoms with E-state index in [1.807, 2.05) is 24.3 Å². The number of aryl methyl sites for hydroxylation is 1. The van der Waals surface area contributed by atoms with E-state index in [1.165, 1.54) is 19.2 Å². The number of ether oxygens (including phenoxy) is 2. The molecule has 0 aliphatic carbocycles. The van der Waals surface area contributed by atoms with Crippen molar-refractivity contribution >= 4 is 17.3 Å². The first-order valence-electron chi connectivity index (χ1n) is 8.78. The molecule has 1 aliphatic rings. The fourth-order valence-corrected chi connectivity index (χ4v) is 3.26. The second-order valence-electron chi connectivity index (χ2n) is 6.33. The summed E-state index contributed by atoms with van der Waals surface area (Å²) in [4.78, 5) is 14.7. The molecule has 5 nitrogen and oxygen atoms in total. The number of benzene rings is 2. The fourth-order valence-electron chi connectivity index (χ4n) is 3.26. The highest BCUT2D eigenvalue weighted by Gasteiger charge is 2.26. The zero-order valence-corrected chi connectivity index (χ0v) is 15.2. The molecule has 1 N–H and O–H groups in total. The number of para-hydroxylation sites is 1. The summed E-state index contributed by atoms with van der Waals surface area (Å²) in [5, 5.41) is 3.06. The highest BCUT2D eigenvalue weighted by atomic mass is 19.3. The molecule has 0 radical (unpaired) electrons. The number of methoxy groups -OCH3 is 1. The predicted octanol–water partition coefficient (Wildman–Crippen LogP) is 4.08. The molecule has 27 heavy (non-hydrogen) atoms. The van der Waals surface area contributed by atoms with Gasteiger partial charge in [0.05, 0.1) is 7.11 Å². The average Bonchev–Trinajstić information content (AvgIpc) is 2.66. The molecule has 0 saturated heterocycles. The van der Waals surface area contributed by atoms with Crippen LogP contribution in [-0.2, 0) is 11.2 Å². The molecular weight excluding hydrogens is 354 g/mol. The second-order valence-corrected chi connectivity index (χ2v) is 6.33. The minimum atomic E-state index is -2.96. The molecule has 144 valence electrons. The molecule has 1 atom stereocenters. The summed E-state index contributed by atoms with van der Waals surface area (Å²) in [5.41, 5.74) is 2.58. The van der Waals surface area contributed by atoms with Gasteiger partial charge in [-0.3, -0.25) is 4.79 Å². The van der Waals surface area contributed by atoms with E-state index in [0.717, 1.165) is 24.1 Å². The number of amides is 1. The Balaban J connectivity index is 1.76. The van der Waals surface area contributed by atoms with Crippen LogP contribution in [0.25, 0.3) is 0 Å². The van der Waals surface area contributed by atoms with Gasteiger partial charge in [0.15, 0.2) is 11.5 Å². The lowest BCUT2D eigenvalue weighted by molar-refractivity contribution is -0.119. The summed E-state index contributed by atoms with van der Waals surface area (Å²) in [6, 6.07) is 11.9. The summed E-state index contributed by atoms with van der Waals surface area (Å²) in [5.74, 6) is 0.0413. The van der Waals surface area contributed by atoms with Gasteiger partial charge in [0.25, 0.3) is 0 Å². The SMILES string of the molecule is COc1ccc(N[C@H](C)C(=O)N2CCCc3ccccc32)cc1OC(F)F. The van der Waals surface area contributed by atoms with Crippen LogP contribution in [0.5, 0.6) is 11.5 Å². The molecular formula is C20H22F2N2O3. The molecule has 0 saturated carbocycles. The third-order valence-electron chi connectivity index (χ3n) is 4.51. The van der Waals surface area contributed by atoms with E-state index in [-0.39, 0.29) is 17.4 Å². The van der Waals surface area contributed by atoms with Crippen molar-refractivity contribution < 1.29 is 23.0 Å². The number of rotatable bonds is 6. The van der Waals surface area contributed by atoms with Crippen LogP contribution >= 0.6 is 0 Å². The Morgan fingerprint density at radius 2 is 1.96 bits per heavy atom. The normalized spacial score (nSPS) is 14.5. The molecule has 1 heterocycles. The van der Waals surface area contributed by atoms with Crippen molar-refractivity contribution in [2.45, 2.75) is 32.4 Å². The van der Waals surface area contributed by atoms with Gasteiger partial charge in [-0.2, -0.15) is 8.78 Å². The number of alkyl halides is 2. The van der Waals surface area contributed by atoms with Crippen molar-refractivity contribution in [1.29, 1.82) is 0 Å². The van der Waals surface area contributed by atoms with Crippen molar-refractivity contribution in [1.82, 2.24) is 0 Å². The number of fused-ring (bicyclic) bond motifs is 1. The zero-order valence-electron chi connectivity index (χ0n) is 15.2.